The van der Waals surface area contributed by atoms with Crippen molar-refractivity contribution < 1.29 is 4.74 Å². The van der Waals surface area contributed by atoms with Gasteiger partial charge in [-0.05, 0) is 19.3 Å². The van der Waals surface area contributed by atoms with Crippen LogP contribution in [0, 0.1) is 5.92 Å². The summed E-state index contributed by atoms with van der Waals surface area (Å²) in [7, 11) is 0. The molecular formula is C9H19NOS. The van der Waals surface area contributed by atoms with E-state index < -0.39 is 0 Å². The molecule has 0 saturated heterocycles. The van der Waals surface area contributed by atoms with Gasteiger partial charge in [-0.25, -0.2) is 0 Å². The summed E-state index contributed by atoms with van der Waals surface area (Å²) in [5.74, 6) is 0.685. The number of thiocarbonyl (C=S) groups is 1. The number of ether oxygens (including phenoxy) is 1. The van der Waals surface area contributed by atoms with Gasteiger partial charge in [-0.1, -0.05) is 26.1 Å². The average molecular weight is 189 g/mol. The van der Waals surface area contributed by atoms with Crippen LogP contribution in [0.25, 0.3) is 0 Å². The van der Waals surface area contributed by atoms with Crippen molar-refractivity contribution in [2.24, 2.45) is 11.7 Å². The Bertz CT molecular complexity index is 136. The fourth-order valence-corrected chi connectivity index (χ4v) is 1.18. The van der Waals surface area contributed by atoms with E-state index in [1.54, 1.807) is 0 Å². The third-order valence-electron chi connectivity index (χ3n) is 1.55. The molecule has 0 aliphatic rings. The molecule has 72 valence electrons. The molecule has 0 fully saturated rings. The van der Waals surface area contributed by atoms with Crippen molar-refractivity contribution in [1.82, 2.24) is 0 Å². The van der Waals surface area contributed by atoms with Gasteiger partial charge in [0.2, 0.25) is 0 Å². The predicted molar refractivity (Wildman–Crippen MR) is 56.3 cm³/mol. The molecule has 2 nitrogen and oxygen atoms in total. The fourth-order valence-electron chi connectivity index (χ4n) is 1.09. The molecule has 0 saturated carbocycles. The normalized spacial score (nSPS) is 13.3. The highest BCUT2D eigenvalue weighted by Crippen LogP contribution is 2.07. The minimum Gasteiger partial charge on any atom is -0.393 e. The van der Waals surface area contributed by atoms with Gasteiger partial charge in [0.1, 0.15) is 0 Å². The lowest BCUT2D eigenvalue weighted by Gasteiger charge is -2.14. The molecule has 0 amide bonds. The highest BCUT2D eigenvalue weighted by atomic mass is 32.1. The highest BCUT2D eigenvalue weighted by Gasteiger charge is 2.04. The first-order valence-corrected chi connectivity index (χ1v) is 4.83. The molecule has 0 aromatic rings. The van der Waals surface area contributed by atoms with Crippen LogP contribution in [-0.2, 0) is 4.74 Å². The standard InChI is InChI=1S/C9H19NOS/c1-7(2)6-8(3)11-5-4-9(10)12/h7-8H,4-6H2,1-3H3,(H2,10,12). The molecule has 2 N–H and O–H groups in total. The molecule has 0 heterocycles. The summed E-state index contributed by atoms with van der Waals surface area (Å²) >= 11 is 4.73. The Morgan fingerprint density at radius 1 is 1.42 bits per heavy atom. The molecule has 0 aromatic carbocycles. The lowest BCUT2D eigenvalue weighted by atomic mass is 10.1. The molecule has 0 aliphatic heterocycles. The number of hydrogen-bond donors (Lipinski definition) is 1. The van der Waals surface area contributed by atoms with E-state index >= 15 is 0 Å². The first-order valence-electron chi connectivity index (χ1n) is 4.42. The van der Waals surface area contributed by atoms with Gasteiger partial charge in [0.25, 0.3) is 0 Å². The van der Waals surface area contributed by atoms with Crippen LogP contribution in [0.2, 0.25) is 0 Å². The van der Waals surface area contributed by atoms with E-state index in [0.717, 1.165) is 6.42 Å². The maximum Gasteiger partial charge on any atom is 0.0750 e. The molecule has 12 heavy (non-hydrogen) atoms. The van der Waals surface area contributed by atoms with E-state index in [-0.39, 0.29) is 0 Å². The summed E-state index contributed by atoms with van der Waals surface area (Å²) in [6.07, 6.45) is 2.11. The molecular weight excluding hydrogens is 170 g/mol. The second kappa shape index (κ2) is 6.38. The van der Waals surface area contributed by atoms with Crippen LogP contribution < -0.4 is 5.73 Å². The first-order chi connectivity index (χ1) is 5.52. The van der Waals surface area contributed by atoms with E-state index in [2.05, 4.69) is 20.8 Å². The van der Waals surface area contributed by atoms with Crippen molar-refractivity contribution >= 4 is 17.2 Å². The van der Waals surface area contributed by atoms with Crippen LogP contribution in [0.4, 0.5) is 0 Å². The number of nitrogens with two attached hydrogens (primary N) is 1. The Morgan fingerprint density at radius 3 is 2.42 bits per heavy atom. The van der Waals surface area contributed by atoms with Gasteiger partial charge in [-0.15, -0.1) is 0 Å². The molecule has 0 rings (SSSR count). The minimum absolute atomic E-state index is 0.319. The molecule has 3 heteroatoms. The second-order valence-corrected chi connectivity index (χ2v) is 4.05. The van der Waals surface area contributed by atoms with Crippen LogP contribution in [0.15, 0.2) is 0 Å². The minimum atomic E-state index is 0.319. The van der Waals surface area contributed by atoms with Crippen molar-refractivity contribution in [2.45, 2.75) is 39.7 Å². The third kappa shape index (κ3) is 7.95. The Hall–Kier alpha value is -0.150. The zero-order chi connectivity index (χ0) is 9.56. The first kappa shape index (κ1) is 11.8. The smallest absolute Gasteiger partial charge is 0.0750 e. The maximum atomic E-state index is 5.50. The summed E-state index contributed by atoms with van der Waals surface area (Å²) in [6.45, 7) is 7.11. The van der Waals surface area contributed by atoms with Crippen molar-refractivity contribution in [3.05, 3.63) is 0 Å². The molecule has 0 radical (unpaired) electrons. The monoisotopic (exact) mass is 189 g/mol. The molecule has 1 atom stereocenters. The fraction of sp³-hybridized carbons (Fsp3) is 0.889. The van der Waals surface area contributed by atoms with Crippen LogP contribution in [0.5, 0.6) is 0 Å². The Balaban J connectivity index is 3.31. The van der Waals surface area contributed by atoms with Gasteiger partial charge < -0.3 is 10.5 Å². The summed E-state index contributed by atoms with van der Waals surface area (Å²) in [5, 5.41) is 0. The SMILES string of the molecule is CC(C)CC(C)OCCC(N)=S. The van der Waals surface area contributed by atoms with Gasteiger partial charge in [0.05, 0.1) is 17.7 Å². The molecule has 0 bridgehead atoms. The molecule has 0 aromatic heterocycles. The molecule has 0 aliphatic carbocycles. The van der Waals surface area contributed by atoms with E-state index in [4.69, 9.17) is 22.7 Å². The lowest BCUT2D eigenvalue weighted by molar-refractivity contribution is 0.0570. The number of rotatable bonds is 6. The van der Waals surface area contributed by atoms with E-state index in [0.29, 0.717) is 30.0 Å². The van der Waals surface area contributed by atoms with E-state index in [1.165, 1.54) is 0 Å². The summed E-state index contributed by atoms with van der Waals surface area (Å²) in [6, 6.07) is 0. The topological polar surface area (TPSA) is 35.2 Å². The van der Waals surface area contributed by atoms with Gasteiger partial charge in [0.15, 0.2) is 0 Å². The van der Waals surface area contributed by atoms with E-state index in [9.17, 15) is 0 Å². The number of hydrogen-bond acceptors (Lipinski definition) is 2. The second-order valence-electron chi connectivity index (χ2n) is 3.53. The third-order valence-corrected chi connectivity index (χ3v) is 1.76. The Morgan fingerprint density at radius 2 is 2.00 bits per heavy atom. The predicted octanol–water partition coefficient (Wildman–Crippen LogP) is 2.11. The summed E-state index contributed by atoms with van der Waals surface area (Å²) in [4.78, 5) is 0.534. The van der Waals surface area contributed by atoms with Crippen LogP contribution in [-0.4, -0.2) is 17.7 Å². The van der Waals surface area contributed by atoms with E-state index in [1.807, 2.05) is 0 Å². The molecule has 1 unspecified atom stereocenters. The van der Waals surface area contributed by atoms with Crippen molar-refractivity contribution in [1.29, 1.82) is 0 Å². The Kier molecular flexibility index (Phi) is 6.30. The largest absolute Gasteiger partial charge is 0.393 e. The zero-order valence-corrected chi connectivity index (χ0v) is 8.99. The van der Waals surface area contributed by atoms with Crippen molar-refractivity contribution in [3.63, 3.8) is 0 Å². The molecule has 0 spiro atoms. The van der Waals surface area contributed by atoms with Gasteiger partial charge in [-0.3, -0.25) is 0 Å². The highest BCUT2D eigenvalue weighted by molar-refractivity contribution is 7.80. The van der Waals surface area contributed by atoms with Gasteiger partial charge in [-0.2, -0.15) is 0 Å². The lowest BCUT2D eigenvalue weighted by Crippen LogP contribution is -2.16. The van der Waals surface area contributed by atoms with Crippen molar-refractivity contribution in [3.8, 4) is 0 Å². The van der Waals surface area contributed by atoms with Crippen molar-refractivity contribution in [2.75, 3.05) is 6.61 Å². The maximum absolute atomic E-state index is 5.50. The zero-order valence-electron chi connectivity index (χ0n) is 8.17. The average Bonchev–Trinajstić information content (AvgIpc) is 1.84. The van der Waals surface area contributed by atoms with Gasteiger partial charge >= 0.3 is 0 Å². The summed E-state index contributed by atoms with van der Waals surface area (Å²) in [5.41, 5.74) is 5.33. The van der Waals surface area contributed by atoms with Crippen LogP contribution in [0.1, 0.15) is 33.6 Å². The van der Waals surface area contributed by atoms with Crippen LogP contribution in [0.3, 0.4) is 0 Å². The summed E-state index contributed by atoms with van der Waals surface area (Å²) < 4.78 is 5.50. The van der Waals surface area contributed by atoms with Crippen LogP contribution >= 0.6 is 12.2 Å². The Labute approximate surface area is 80.5 Å². The van der Waals surface area contributed by atoms with Gasteiger partial charge in [0, 0.05) is 6.42 Å². The quantitative estimate of drug-likeness (QED) is 0.650.